The van der Waals surface area contributed by atoms with Crippen molar-refractivity contribution in [1.29, 1.82) is 0 Å². The Labute approximate surface area is 103 Å². The predicted octanol–water partition coefficient (Wildman–Crippen LogP) is 2.24. The summed E-state index contributed by atoms with van der Waals surface area (Å²) in [5.74, 6) is -0.247. The molecule has 0 amide bonds. The Kier molecular flexibility index (Phi) is 5.04. The van der Waals surface area contributed by atoms with Gasteiger partial charge in [0.1, 0.15) is 0 Å². The number of carbonyl (C=O) groups is 1. The first-order chi connectivity index (χ1) is 7.13. The summed E-state index contributed by atoms with van der Waals surface area (Å²) < 4.78 is 5.99. The van der Waals surface area contributed by atoms with E-state index in [1.54, 1.807) is 6.92 Å². The van der Waals surface area contributed by atoms with E-state index < -0.39 is 0 Å². The first-order valence-electron chi connectivity index (χ1n) is 4.80. The van der Waals surface area contributed by atoms with Crippen LogP contribution in [0.3, 0.4) is 0 Å². The van der Waals surface area contributed by atoms with Crippen LogP contribution in [-0.4, -0.2) is 12.6 Å². The summed E-state index contributed by atoms with van der Waals surface area (Å²) in [6.07, 6.45) is 0.231. The molecule has 1 aromatic carbocycles. The van der Waals surface area contributed by atoms with Gasteiger partial charge in [-0.05, 0) is 47.2 Å². The van der Waals surface area contributed by atoms with E-state index in [-0.39, 0.29) is 18.4 Å². The molecule has 0 bridgehead atoms. The maximum absolute atomic E-state index is 11.2. The molecule has 82 valence electrons. The summed E-state index contributed by atoms with van der Waals surface area (Å²) in [7, 11) is 0. The Morgan fingerprint density at radius 2 is 2.07 bits per heavy atom. The number of hydrogen-bond donors (Lipinski definition) is 1. The number of rotatable bonds is 4. The van der Waals surface area contributed by atoms with Crippen LogP contribution in [0.25, 0.3) is 0 Å². The van der Waals surface area contributed by atoms with Crippen molar-refractivity contribution >= 4 is 28.6 Å². The number of nitrogens with two attached hydrogens (primary N) is 1. The molecule has 0 aromatic heterocycles. The van der Waals surface area contributed by atoms with Crippen molar-refractivity contribution in [2.75, 3.05) is 6.61 Å². The standard InChI is InChI=1S/C11H14INO2/c1-2-15-11(14)7-10(13)8-3-5-9(12)6-4-8/h3-6,10H,2,7,13H2,1H3/t10-/m0/s1. The fourth-order valence-electron chi connectivity index (χ4n) is 1.23. The summed E-state index contributed by atoms with van der Waals surface area (Å²) in [6.45, 7) is 2.19. The fraction of sp³-hybridized carbons (Fsp3) is 0.364. The lowest BCUT2D eigenvalue weighted by atomic mass is 10.1. The normalized spacial score (nSPS) is 12.2. The van der Waals surface area contributed by atoms with Crippen LogP contribution in [0.5, 0.6) is 0 Å². The van der Waals surface area contributed by atoms with Crippen LogP contribution in [0, 0.1) is 3.57 Å². The fourth-order valence-corrected chi connectivity index (χ4v) is 1.59. The lowest BCUT2D eigenvalue weighted by molar-refractivity contribution is -0.143. The quantitative estimate of drug-likeness (QED) is 0.684. The third-order valence-corrected chi connectivity index (χ3v) is 2.71. The van der Waals surface area contributed by atoms with Crippen molar-refractivity contribution in [2.24, 2.45) is 5.73 Å². The van der Waals surface area contributed by atoms with Crippen LogP contribution in [0.4, 0.5) is 0 Å². The molecular formula is C11H14INO2. The lowest BCUT2D eigenvalue weighted by Crippen LogP contribution is -2.17. The highest BCUT2D eigenvalue weighted by molar-refractivity contribution is 14.1. The van der Waals surface area contributed by atoms with Crippen LogP contribution in [-0.2, 0) is 9.53 Å². The monoisotopic (exact) mass is 319 g/mol. The average molecular weight is 319 g/mol. The maximum Gasteiger partial charge on any atom is 0.307 e. The number of esters is 1. The minimum atomic E-state index is -0.277. The Bertz CT molecular complexity index is 324. The van der Waals surface area contributed by atoms with Gasteiger partial charge in [0.2, 0.25) is 0 Å². The number of ether oxygens (including phenoxy) is 1. The van der Waals surface area contributed by atoms with E-state index in [2.05, 4.69) is 22.6 Å². The highest BCUT2D eigenvalue weighted by Gasteiger charge is 2.11. The minimum Gasteiger partial charge on any atom is -0.466 e. The van der Waals surface area contributed by atoms with Crippen LogP contribution in [0.15, 0.2) is 24.3 Å². The van der Waals surface area contributed by atoms with Crippen molar-refractivity contribution in [1.82, 2.24) is 0 Å². The highest BCUT2D eigenvalue weighted by atomic mass is 127. The highest BCUT2D eigenvalue weighted by Crippen LogP contribution is 2.16. The average Bonchev–Trinajstić information content (AvgIpc) is 2.18. The molecule has 0 aliphatic rings. The first-order valence-corrected chi connectivity index (χ1v) is 5.88. The summed E-state index contributed by atoms with van der Waals surface area (Å²) >= 11 is 2.23. The van der Waals surface area contributed by atoms with Gasteiger partial charge in [0.15, 0.2) is 0 Å². The summed E-state index contributed by atoms with van der Waals surface area (Å²) in [5.41, 5.74) is 6.83. The molecule has 0 aliphatic heterocycles. The zero-order valence-corrected chi connectivity index (χ0v) is 10.7. The molecule has 0 spiro atoms. The van der Waals surface area contributed by atoms with E-state index >= 15 is 0 Å². The topological polar surface area (TPSA) is 52.3 Å². The molecule has 15 heavy (non-hydrogen) atoms. The second-order valence-corrected chi connectivity index (χ2v) is 4.41. The van der Waals surface area contributed by atoms with Gasteiger partial charge in [-0.25, -0.2) is 0 Å². The SMILES string of the molecule is CCOC(=O)C[C@H](N)c1ccc(I)cc1. The Morgan fingerprint density at radius 1 is 1.47 bits per heavy atom. The smallest absolute Gasteiger partial charge is 0.307 e. The molecule has 0 radical (unpaired) electrons. The van der Waals surface area contributed by atoms with E-state index in [1.165, 1.54) is 0 Å². The van der Waals surface area contributed by atoms with Crippen molar-refractivity contribution in [2.45, 2.75) is 19.4 Å². The van der Waals surface area contributed by atoms with Crippen molar-refractivity contribution in [3.8, 4) is 0 Å². The van der Waals surface area contributed by atoms with E-state index in [9.17, 15) is 4.79 Å². The van der Waals surface area contributed by atoms with Crippen LogP contribution < -0.4 is 5.73 Å². The van der Waals surface area contributed by atoms with Gasteiger partial charge < -0.3 is 10.5 Å². The van der Waals surface area contributed by atoms with Gasteiger partial charge in [-0.3, -0.25) is 4.79 Å². The predicted molar refractivity (Wildman–Crippen MR) is 67.3 cm³/mol. The first kappa shape index (κ1) is 12.4. The molecular weight excluding hydrogens is 305 g/mol. The van der Waals surface area contributed by atoms with Gasteiger partial charge in [0, 0.05) is 9.61 Å². The summed E-state index contributed by atoms with van der Waals surface area (Å²) in [6, 6.07) is 7.54. The molecule has 2 N–H and O–H groups in total. The van der Waals surface area contributed by atoms with Gasteiger partial charge in [-0.15, -0.1) is 0 Å². The molecule has 0 aliphatic carbocycles. The molecule has 1 rings (SSSR count). The Hall–Kier alpha value is -0.620. The van der Waals surface area contributed by atoms with Crippen molar-refractivity contribution in [3.05, 3.63) is 33.4 Å². The van der Waals surface area contributed by atoms with Gasteiger partial charge >= 0.3 is 5.97 Å². The van der Waals surface area contributed by atoms with Gasteiger partial charge in [-0.2, -0.15) is 0 Å². The van der Waals surface area contributed by atoms with Crippen molar-refractivity contribution < 1.29 is 9.53 Å². The maximum atomic E-state index is 11.2. The largest absolute Gasteiger partial charge is 0.466 e. The molecule has 4 heteroatoms. The molecule has 1 aromatic rings. The number of hydrogen-bond acceptors (Lipinski definition) is 3. The summed E-state index contributed by atoms with van der Waals surface area (Å²) in [4.78, 5) is 11.2. The summed E-state index contributed by atoms with van der Waals surface area (Å²) in [5, 5.41) is 0. The van der Waals surface area contributed by atoms with Gasteiger partial charge in [-0.1, -0.05) is 12.1 Å². The third kappa shape index (κ3) is 4.17. The van der Waals surface area contributed by atoms with Crippen LogP contribution >= 0.6 is 22.6 Å². The second-order valence-electron chi connectivity index (χ2n) is 3.17. The molecule has 0 saturated heterocycles. The van der Waals surface area contributed by atoms with Crippen LogP contribution in [0.1, 0.15) is 24.9 Å². The van der Waals surface area contributed by atoms with Gasteiger partial charge in [0.05, 0.1) is 13.0 Å². The zero-order chi connectivity index (χ0) is 11.3. The molecule has 3 nitrogen and oxygen atoms in total. The molecule has 0 heterocycles. The van der Waals surface area contributed by atoms with E-state index in [1.807, 2.05) is 24.3 Å². The lowest BCUT2D eigenvalue weighted by Gasteiger charge is -2.11. The van der Waals surface area contributed by atoms with Crippen molar-refractivity contribution in [3.63, 3.8) is 0 Å². The van der Waals surface area contributed by atoms with Gasteiger partial charge in [0.25, 0.3) is 0 Å². The molecule has 1 atom stereocenters. The minimum absolute atomic E-state index is 0.231. The van der Waals surface area contributed by atoms with E-state index in [0.29, 0.717) is 6.61 Å². The van der Waals surface area contributed by atoms with Crippen LogP contribution in [0.2, 0.25) is 0 Å². The number of halogens is 1. The Balaban J connectivity index is 2.57. The third-order valence-electron chi connectivity index (χ3n) is 1.99. The molecule has 0 fully saturated rings. The van der Waals surface area contributed by atoms with E-state index in [4.69, 9.17) is 10.5 Å². The number of carbonyl (C=O) groups excluding carboxylic acids is 1. The molecule has 0 saturated carbocycles. The van der Waals surface area contributed by atoms with E-state index in [0.717, 1.165) is 9.13 Å². The number of benzene rings is 1. The Morgan fingerprint density at radius 3 is 2.60 bits per heavy atom. The molecule has 0 unspecified atom stereocenters. The zero-order valence-electron chi connectivity index (χ0n) is 8.57. The second kappa shape index (κ2) is 6.07.